The summed E-state index contributed by atoms with van der Waals surface area (Å²) in [6.45, 7) is 1.79. The molecule has 4 rings (SSSR count). The quantitative estimate of drug-likeness (QED) is 0.584. The predicted molar refractivity (Wildman–Crippen MR) is 119 cm³/mol. The monoisotopic (exact) mass is 490 g/mol. The maximum absolute atomic E-state index is 13.3. The molecule has 2 amide bonds. The number of aromatic nitrogens is 1. The third-order valence-corrected chi connectivity index (χ3v) is 7.76. The number of amides is 2. The molecule has 0 aromatic carbocycles. The largest absolute Gasteiger partial charge is 0.434 e. The van der Waals surface area contributed by atoms with Gasteiger partial charge >= 0.3 is 6.09 Å². The number of hydrogen-bond donors (Lipinski definition) is 1. The first-order valence-corrected chi connectivity index (χ1v) is 12.6. The lowest BCUT2D eigenvalue weighted by molar-refractivity contribution is -0.138. The summed E-state index contributed by atoms with van der Waals surface area (Å²) >= 11 is 0. The molecule has 2 aliphatic heterocycles. The molecule has 1 N–H and O–H groups in total. The SMILES string of the molecule is CCCC(NC(=O)Oc1ccco1)C(=O)N1CCC2C1C(=O)CN2S(=O)(=O)Cc1cccnc1. The Morgan fingerprint density at radius 1 is 1.32 bits per heavy atom. The molecule has 2 aromatic heterocycles. The molecular weight excluding hydrogens is 464 g/mol. The van der Waals surface area contributed by atoms with Crippen molar-refractivity contribution in [3.05, 3.63) is 48.5 Å². The van der Waals surface area contributed by atoms with E-state index in [0.29, 0.717) is 24.8 Å². The molecule has 11 nitrogen and oxygen atoms in total. The lowest BCUT2D eigenvalue weighted by atomic mass is 10.1. The maximum atomic E-state index is 13.3. The zero-order valence-corrected chi connectivity index (χ0v) is 19.4. The van der Waals surface area contributed by atoms with Gasteiger partial charge in [0, 0.05) is 25.0 Å². The van der Waals surface area contributed by atoms with Crippen molar-refractivity contribution in [1.29, 1.82) is 0 Å². The highest BCUT2D eigenvalue weighted by Gasteiger charge is 2.54. The number of likely N-dealkylation sites (tertiary alicyclic amines) is 1. The smallest absolute Gasteiger partial charge is 0.415 e. The van der Waals surface area contributed by atoms with Gasteiger partial charge in [-0.2, -0.15) is 4.31 Å². The molecule has 2 saturated heterocycles. The minimum atomic E-state index is -3.79. The second kappa shape index (κ2) is 9.94. The molecule has 3 unspecified atom stereocenters. The molecule has 34 heavy (non-hydrogen) atoms. The van der Waals surface area contributed by atoms with E-state index >= 15 is 0 Å². The van der Waals surface area contributed by atoms with Gasteiger partial charge in [0.25, 0.3) is 5.95 Å². The third kappa shape index (κ3) is 4.97. The number of carbonyl (C=O) groups excluding carboxylic acids is 3. The number of furan rings is 1. The van der Waals surface area contributed by atoms with Crippen molar-refractivity contribution in [3.63, 3.8) is 0 Å². The van der Waals surface area contributed by atoms with E-state index in [9.17, 15) is 22.8 Å². The van der Waals surface area contributed by atoms with Gasteiger partial charge in [0.15, 0.2) is 5.78 Å². The predicted octanol–water partition coefficient (Wildman–Crippen LogP) is 1.32. The van der Waals surface area contributed by atoms with E-state index in [1.807, 2.05) is 6.92 Å². The fraction of sp³-hybridized carbons (Fsp3) is 0.455. The average Bonchev–Trinajstić information content (AvgIpc) is 3.52. The Morgan fingerprint density at radius 2 is 2.15 bits per heavy atom. The van der Waals surface area contributed by atoms with E-state index in [4.69, 9.17) is 9.15 Å². The van der Waals surface area contributed by atoms with Gasteiger partial charge in [-0.15, -0.1) is 0 Å². The van der Waals surface area contributed by atoms with Gasteiger partial charge < -0.3 is 19.4 Å². The minimum Gasteiger partial charge on any atom is -0.434 e. The first kappa shape index (κ1) is 23.9. The van der Waals surface area contributed by atoms with Crippen LogP contribution < -0.4 is 10.1 Å². The lowest BCUT2D eigenvalue weighted by Gasteiger charge is -2.28. The van der Waals surface area contributed by atoms with Gasteiger partial charge in [0.2, 0.25) is 15.9 Å². The summed E-state index contributed by atoms with van der Waals surface area (Å²) in [6.07, 6.45) is 4.79. The number of ketones is 1. The van der Waals surface area contributed by atoms with Crippen molar-refractivity contribution in [2.75, 3.05) is 13.1 Å². The van der Waals surface area contributed by atoms with Crippen LogP contribution in [0.4, 0.5) is 4.79 Å². The van der Waals surface area contributed by atoms with Crippen LogP contribution in [-0.4, -0.2) is 71.6 Å². The summed E-state index contributed by atoms with van der Waals surface area (Å²) in [7, 11) is -3.79. The van der Waals surface area contributed by atoms with E-state index in [1.54, 1.807) is 24.4 Å². The minimum absolute atomic E-state index is 0.0122. The highest BCUT2D eigenvalue weighted by atomic mass is 32.2. The molecule has 12 heteroatoms. The van der Waals surface area contributed by atoms with Crippen LogP contribution in [0.3, 0.4) is 0 Å². The summed E-state index contributed by atoms with van der Waals surface area (Å²) in [6, 6.07) is 3.90. The van der Waals surface area contributed by atoms with Crippen molar-refractivity contribution >= 4 is 27.8 Å². The number of sulfonamides is 1. The van der Waals surface area contributed by atoms with Gasteiger partial charge in [-0.3, -0.25) is 14.6 Å². The lowest BCUT2D eigenvalue weighted by Crippen LogP contribution is -2.53. The number of Topliss-reactive ketones (excluding diaryl/α,β-unsaturated/α-hetero) is 1. The molecular formula is C22H26N4O7S. The molecule has 0 spiro atoms. The van der Waals surface area contributed by atoms with Crippen molar-refractivity contribution in [2.24, 2.45) is 0 Å². The van der Waals surface area contributed by atoms with Crippen molar-refractivity contribution in [1.82, 2.24) is 19.5 Å². The van der Waals surface area contributed by atoms with E-state index in [-0.39, 0.29) is 30.6 Å². The molecule has 0 aliphatic carbocycles. The summed E-state index contributed by atoms with van der Waals surface area (Å²) in [5, 5.41) is 2.54. The number of fused-ring (bicyclic) bond motifs is 1. The topological polar surface area (TPSA) is 139 Å². The fourth-order valence-electron chi connectivity index (χ4n) is 4.49. The zero-order valence-electron chi connectivity index (χ0n) is 18.6. The number of ether oxygens (including phenoxy) is 1. The van der Waals surface area contributed by atoms with Gasteiger partial charge in [-0.05, 0) is 30.5 Å². The second-order valence-electron chi connectivity index (χ2n) is 8.27. The third-order valence-electron chi connectivity index (χ3n) is 5.95. The van der Waals surface area contributed by atoms with E-state index in [2.05, 4.69) is 10.3 Å². The highest BCUT2D eigenvalue weighted by molar-refractivity contribution is 7.88. The Balaban J connectivity index is 1.46. The number of rotatable bonds is 8. The maximum Gasteiger partial charge on any atom is 0.415 e. The molecule has 4 heterocycles. The Bertz CT molecular complexity index is 1140. The number of nitrogens with zero attached hydrogens (tertiary/aromatic N) is 3. The average molecular weight is 491 g/mol. The Kier molecular flexibility index (Phi) is 6.98. The van der Waals surface area contributed by atoms with Crippen LogP contribution in [0.2, 0.25) is 0 Å². The van der Waals surface area contributed by atoms with Gasteiger partial charge in [0.1, 0.15) is 12.1 Å². The Hall–Kier alpha value is -3.25. The van der Waals surface area contributed by atoms with Crippen molar-refractivity contribution in [3.8, 4) is 5.95 Å². The van der Waals surface area contributed by atoms with Crippen LogP contribution in [0.1, 0.15) is 31.7 Å². The van der Waals surface area contributed by atoms with Crippen LogP contribution in [0.5, 0.6) is 5.95 Å². The van der Waals surface area contributed by atoms with Crippen molar-refractivity contribution in [2.45, 2.75) is 50.1 Å². The van der Waals surface area contributed by atoms with Gasteiger partial charge in [0.05, 0.1) is 24.6 Å². The molecule has 0 radical (unpaired) electrons. The van der Waals surface area contributed by atoms with Gasteiger partial charge in [-0.1, -0.05) is 19.4 Å². The molecule has 3 atom stereocenters. The number of pyridine rings is 1. The second-order valence-corrected chi connectivity index (χ2v) is 10.2. The zero-order chi connectivity index (χ0) is 24.3. The summed E-state index contributed by atoms with van der Waals surface area (Å²) < 4.78 is 37.3. The normalized spacial score (nSPS) is 21.3. The molecule has 2 aromatic rings. The first-order valence-electron chi connectivity index (χ1n) is 11.0. The number of nitrogens with one attached hydrogen (secondary N) is 1. The Morgan fingerprint density at radius 3 is 2.82 bits per heavy atom. The van der Waals surface area contributed by atoms with Crippen molar-refractivity contribution < 1.29 is 32.0 Å². The molecule has 182 valence electrons. The van der Waals surface area contributed by atoms with E-state index in [0.717, 1.165) is 0 Å². The van der Waals surface area contributed by atoms with Gasteiger partial charge in [-0.25, -0.2) is 13.2 Å². The highest BCUT2D eigenvalue weighted by Crippen LogP contribution is 2.33. The summed E-state index contributed by atoms with van der Waals surface area (Å²) in [4.78, 5) is 43.7. The molecule has 0 saturated carbocycles. The van der Waals surface area contributed by atoms with Crippen LogP contribution in [0, 0.1) is 0 Å². The van der Waals surface area contributed by atoms with Crippen LogP contribution in [0.15, 0.2) is 47.3 Å². The fourth-order valence-corrected chi connectivity index (χ4v) is 6.21. The van der Waals surface area contributed by atoms with E-state index < -0.39 is 40.1 Å². The summed E-state index contributed by atoms with van der Waals surface area (Å²) in [5.41, 5.74) is 0.520. The van der Waals surface area contributed by atoms with E-state index in [1.165, 1.54) is 27.7 Å². The van der Waals surface area contributed by atoms with Crippen LogP contribution in [0.25, 0.3) is 0 Å². The van der Waals surface area contributed by atoms with Crippen LogP contribution in [-0.2, 0) is 25.4 Å². The molecule has 2 aliphatic rings. The summed E-state index contributed by atoms with van der Waals surface area (Å²) in [5.74, 6) is -1.06. The Labute approximate surface area is 197 Å². The standard InChI is InChI=1S/C22H26N4O7S/c1-2-5-16(24-22(29)33-19-7-4-11-32-19)21(28)25-10-8-17-20(25)18(27)13-26(17)34(30,31)14-15-6-3-9-23-12-15/h3-4,6-7,9,11-12,16-17,20H,2,5,8,10,13-14H2,1H3,(H,24,29). The molecule has 0 bridgehead atoms. The number of carbonyl (C=O) groups is 3. The van der Waals surface area contributed by atoms with Crippen LogP contribution >= 0.6 is 0 Å². The number of hydrogen-bond acceptors (Lipinski definition) is 8. The first-order chi connectivity index (χ1) is 16.3. The molecule has 2 fully saturated rings.